The zero-order valence-electron chi connectivity index (χ0n) is 9.48. The summed E-state index contributed by atoms with van der Waals surface area (Å²) < 4.78 is 10.9. The average Bonchev–Trinajstić information content (AvgIpc) is 2.31. The third-order valence-corrected chi connectivity index (χ3v) is 2.47. The SMILES string of the molecule is COCC1=CC(Oc2ccccc2)=CCC1. The molecule has 0 saturated carbocycles. The van der Waals surface area contributed by atoms with Crippen LogP contribution in [0.3, 0.4) is 0 Å². The molecule has 1 aromatic carbocycles. The van der Waals surface area contributed by atoms with Gasteiger partial charge in [0.05, 0.1) is 6.61 Å². The Balaban J connectivity index is 2.03. The summed E-state index contributed by atoms with van der Waals surface area (Å²) in [5.41, 5.74) is 1.29. The smallest absolute Gasteiger partial charge is 0.127 e. The quantitative estimate of drug-likeness (QED) is 0.768. The van der Waals surface area contributed by atoms with E-state index in [2.05, 4.69) is 12.2 Å². The van der Waals surface area contributed by atoms with Crippen molar-refractivity contribution in [1.29, 1.82) is 0 Å². The molecule has 16 heavy (non-hydrogen) atoms. The van der Waals surface area contributed by atoms with Gasteiger partial charge >= 0.3 is 0 Å². The molecule has 0 atom stereocenters. The van der Waals surface area contributed by atoms with Crippen molar-refractivity contribution in [3.05, 3.63) is 53.8 Å². The Kier molecular flexibility index (Phi) is 3.78. The maximum atomic E-state index is 5.76. The van der Waals surface area contributed by atoms with Crippen LogP contribution in [-0.4, -0.2) is 13.7 Å². The van der Waals surface area contributed by atoms with Crippen LogP contribution >= 0.6 is 0 Å². The number of ether oxygens (including phenoxy) is 2. The Morgan fingerprint density at radius 3 is 2.75 bits per heavy atom. The van der Waals surface area contributed by atoms with Crippen LogP contribution in [0.5, 0.6) is 5.75 Å². The molecule has 1 aromatic rings. The highest BCUT2D eigenvalue weighted by Gasteiger charge is 2.06. The fourth-order valence-electron chi connectivity index (χ4n) is 1.73. The largest absolute Gasteiger partial charge is 0.458 e. The molecule has 2 nitrogen and oxygen atoms in total. The van der Waals surface area contributed by atoms with Gasteiger partial charge in [-0.15, -0.1) is 0 Å². The highest BCUT2D eigenvalue weighted by atomic mass is 16.5. The number of hydrogen-bond donors (Lipinski definition) is 0. The molecule has 0 spiro atoms. The number of allylic oxidation sites excluding steroid dienone is 2. The molecule has 0 unspecified atom stereocenters. The normalized spacial score (nSPS) is 15.3. The Hall–Kier alpha value is -1.54. The second kappa shape index (κ2) is 5.52. The first-order chi connectivity index (χ1) is 7.88. The Bertz CT molecular complexity index is 390. The summed E-state index contributed by atoms with van der Waals surface area (Å²) in [6, 6.07) is 9.84. The fourth-order valence-corrected chi connectivity index (χ4v) is 1.73. The molecular weight excluding hydrogens is 200 g/mol. The van der Waals surface area contributed by atoms with Crippen LogP contribution < -0.4 is 4.74 Å². The summed E-state index contributed by atoms with van der Waals surface area (Å²) >= 11 is 0. The Morgan fingerprint density at radius 1 is 1.19 bits per heavy atom. The molecule has 0 fully saturated rings. The summed E-state index contributed by atoms with van der Waals surface area (Å²) in [5.74, 6) is 1.80. The lowest BCUT2D eigenvalue weighted by Gasteiger charge is -2.14. The van der Waals surface area contributed by atoms with Crippen LogP contribution in [0, 0.1) is 0 Å². The first-order valence-corrected chi connectivity index (χ1v) is 5.50. The lowest BCUT2D eigenvalue weighted by molar-refractivity contribution is 0.222. The minimum absolute atomic E-state index is 0.690. The van der Waals surface area contributed by atoms with Crippen LogP contribution in [0.15, 0.2) is 53.8 Å². The second-order valence-corrected chi connectivity index (χ2v) is 3.80. The highest BCUT2D eigenvalue weighted by molar-refractivity contribution is 5.30. The molecule has 0 amide bonds. The van der Waals surface area contributed by atoms with E-state index in [9.17, 15) is 0 Å². The molecule has 0 N–H and O–H groups in total. The molecule has 0 heterocycles. The van der Waals surface area contributed by atoms with Gasteiger partial charge in [-0.3, -0.25) is 0 Å². The van der Waals surface area contributed by atoms with E-state index in [1.54, 1.807) is 7.11 Å². The monoisotopic (exact) mass is 216 g/mol. The van der Waals surface area contributed by atoms with Gasteiger partial charge in [-0.05, 0) is 42.7 Å². The summed E-state index contributed by atoms with van der Waals surface area (Å²) in [6.45, 7) is 0.690. The maximum Gasteiger partial charge on any atom is 0.127 e. The molecule has 0 saturated heterocycles. The van der Waals surface area contributed by atoms with E-state index in [-0.39, 0.29) is 0 Å². The van der Waals surface area contributed by atoms with Crippen molar-refractivity contribution in [2.45, 2.75) is 12.8 Å². The minimum atomic E-state index is 0.690. The standard InChI is InChI=1S/C14H16O2/c1-15-11-12-6-5-9-14(10-12)16-13-7-3-2-4-8-13/h2-4,7-10H,5-6,11H2,1H3. The minimum Gasteiger partial charge on any atom is -0.458 e. The van der Waals surface area contributed by atoms with E-state index in [1.165, 1.54) is 5.57 Å². The van der Waals surface area contributed by atoms with E-state index >= 15 is 0 Å². The van der Waals surface area contributed by atoms with Gasteiger partial charge in [-0.1, -0.05) is 18.2 Å². The summed E-state index contributed by atoms with van der Waals surface area (Å²) in [4.78, 5) is 0. The second-order valence-electron chi connectivity index (χ2n) is 3.80. The molecule has 1 aliphatic carbocycles. The van der Waals surface area contributed by atoms with E-state index in [1.807, 2.05) is 30.3 Å². The fraction of sp³-hybridized carbons (Fsp3) is 0.286. The predicted octanol–water partition coefficient (Wildman–Crippen LogP) is 3.32. The molecule has 84 valence electrons. The van der Waals surface area contributed by atoms with E-state index in [4.69, 9.17) is 9.47 Å². The van der Waals surface area contributed by atoms with Crippen LogP contribution in [0.2, 0.25) is 0 Å². The third kappa shape index (κ3) is 2.97. The molecule has 0 radical (unpaired) electrons. The van der Waals surface area contributed by atoms with Gasteiger partial charge in [0.2, 0.25) is 0 Å². The van der Waals surface area contributed by atoms with Gasteiger partial charge in [0.25, 0.3) is 0 Å². The van der Waals surface area contributed by atoms with Crippen LogP contribution in [-0.2, 0) is 4.74 Å². The van der Waals surface area contributed by atoms with Gasteiger partial charge < -0.3 is 9.47 Å². The van der Waals surface area contributed by atoms with Crippen molar-refractivity contribution >= 4 is 0 Å². The zero-order chi connectivity index (χ0) is 11.2. The summed E-state index contributed by atoms with van der Waals surface area (Å²) in [5, 5.41) is 0. The van der Waals surface area contributed by atoms with Gasteiger partial charge in [-0.25, -0.2) is 0 Å². The van der Waals surface area contributed by atoms with Crippen molar-refractivity contribution in [1.82, 2.24) is 0 Å². The first-order valence-electron chi connectivity index (χ1n) is 5.50. The number of benzene rings is 1. The maximum absolute atomic E-state index is 5.76. The van der Waals surface area contributed by atoms with Crippen molar-refractivity contribution in [3.63, 3.8) is 0 Å². The van der Waals surface area contributed by atoms with Crippen molar-refractivity contribution in [2.24, 2.45) is 0 Å². The van der Waals surface area contributed by atoms with Gasteiger partial charge in [0.1, 0.15) is 11.5 Å². The van der Waals surface area contributed by atoms with Crippen molar-refractivity contribution < 1.29 is 9.47 Å². The van der Waals surface area contributed by atoms with Crippen LogP contribution in [0.4, 0.5) is 0 Å². The molecule has 0 aromatic heterocycles. The summed E-state index contributed by atoms with van der Waals surface area (Å²) in [7, 11) is 1.72. The van der Waals surface area contributed by atoms with Crippen LogP contribution in [0.25, 0.3) is 0 Å². The van der Waals surface area contributed by atoms with Crippen molar-refractivity contribution in [3.8, 4) is 5.75 Å². The molecule has 2 rings (SSSR count). The van der Waals surface area contributed by atoms with Gasteiger partial charge in [0.15, 0.2) is 0 Å². The van der Waals surface area contributed by atoms with Crippen LogP contribution in [0.1, 0.15) is 12.8 Å². The number of methoxy groups -OCH3 is 1. The predicted molar refractivity (Wildman–Crippen MR) is 64.3 cm³/mol. The molecule has 2 heteroatoms. The van der Waals surface area contributed by atoms with Gasteiger partial charge in [0, 0.05) is 7.11 Å². The number of para-hydroxylation sites is 1. The lowest BCUT2D eigenvalue weighted by atomic mass is 10.1. The molecule has 1 aliphatic rings. The van der Waals surface area contributed by atoms with Crippen molar-refractivity contribution in [2.75, 3.05) is 13.7 Å². The van der Waals surface area contributed by atoms with E-state index in [0.29, 0.717) is 6.61 Å². The molecule has 0 bridgehead atoms. The topological polar surface area (TPSA) is 18.5 Å². The molecular formula is C14H16O2. The highest BCUT2D eigenvalue weighted by Crippen LogP contribution is 2.21. The number of rotatable bonds is 4. The van der Waals surface area contributed by atoms with E-state index in [0.717, 1.165) is 24.4 Å². The lowest BCUT2D eigenvalue weighted by Crippen LogP contribution is -2.03. The van der Waals surface area contributed by atoms with Gasteiger partial charge in [-0.2, -0.15) is 0 Å². The third-order valence-electron chi connectivity index (χ3n) is 2.47. The Morgan fingerprint density at radius 2 is 2.00 bits per heavy atom. The molecule has 0 aliphatic heterocycles. The average molecular weight is 216 g/mol. The summed E-state index contributed by atoms with van der Waals surface area (Å²) in [6.07, 6.45) is 6.28. The Labute approximate surface area is 96.2 Å². The zero-order valence-corrected chi connectivity index (χ0v) is 9.48. The number of hydrogen-bond acceptors (Lipinski definition) is 2. The van der Waals surface area contributed by atoms with E-state index < -0.39 is 0 Å². The first kappa shape index (κ1) is 11.0.